The molecule has 7 heteroatoms. The van der Waals surface area contributed by atoms with E-state index in [9.17, 15) is 9.18 Å². The van der Waals surface area contributed by atoms with E-state index in [2.05, 4.69) is 15.6 Å². The van der Waals surface area contributed by atoms with Crippen LogP contribution in [0.5, 0.6) is 0 Å². The Bertz CT molecular complexity index is 1160. The Hall–Kier alpha value is -3.45. The van der Waals surface area contributed by atoms with Crippen molar-refractivity contribution >= 4 is 28.1 Å². The van der Waals surface area contributed by atoms with Crippen molar-refractivity contribution in [2.75, 3.05) is 10.6 Å². The Morgan fingerprint density at radius 1 is 1.13 bits per heavy atom. The summed E-state index contributed by atoms with van der Waals surface area (Å²) < 4.78 is 19.3. The number of thiophene rings is 1. The quantitative estimate of drug-likeness (QED) is 0.404. The largest absolute Gasteiger partial charge is 0.459 e. The highest BCUT2D eigenvalue weighted by Gasteiger charge is 2.26. The zero-order valence-corrected chi connectivity index (χ0v) is 17.3. The first-order chi connectivity index (χ1) is 14.5. The highest BCUT2D eigenvalue weighted by molar-refractivity contribution is 7.16. The number of pyridine rings is 1. The lowest BCUT2D eigenvalue weighted by Gasteiger charge is -2.22. The molecule has 5 nitrogen and oxygen atoms in total. The number of hydrogen-bond acceptors (Lipinski definition) is 5. The summed E-state index contributed by atoms with van der Waals surface area (Å²) in [6.07, 6.45) is 3.15. The van der Waals surface area contributed by atoms with Gasteiger partial charge in [0.05, 0.1) is 12.3 Å². The predicted molar refractivity (Wildman–Crippen MR) is 117 cm³/mol. The summed E-state index contributed by atoms with van der Waals surface area (Å²) in [5, 5.41) is 7.04. The Kier molecular flexibility index (Phi) is 5.63. The van der Waals surface area contributed by atoms with E-state index in [1.807, 2.05) is 38.1 Å². The topological polar surface area (TPSA) is 67.2 Å². The van der Waals surface area contributed by atoms with Gasteiger partial charge >= 0.3 is 0 Å². The lowest BCUT2D eigenvalue weighted by Crippen LogP contribution is -2.17. The second-order valence-electron chi connectivity index (χ2n) is 6.80. The molecule has 3 aromatic heterocycles. The molecule has 2 N–H and O–H groups in total. The maximum Gasteiger partial charge on any atom is 0.291 e. The zero-order valence-electron chi connectivity index (χ0n) is 16.5. The van der Waals surface area contributed by atoms with Crippen LogP contribution in [0.2, 0.25) is 0 Å². The van der Waals surface area contributed by atoms with E-state index in [4.69, 9.17) is 4.42 Å². The Morgan fingerprint density at radius 2 is 2.00 bits per heavy atom. The maximum absolute atomic E-state index is 14.1. The van der Waals surface area contributed by atoms with Crippen molar-refractivity contribution in [2.24, 2.45) is 0 Å². The van der Waals surface area contributed by atoms with Gasteiger partial charge in [-0.2, -0.15) is 0 Å². The number of amides is 1. The van der Waals surface area contributed by atoms with Crippen molar-refractivity contribution in [1.82, 2.24) is 4.98 Å². The standard InChI is InChI=1S/C23H20FN3O2S/c1-14-15(2)30-23(27-22(28)18-9-6-12-29-18)20(14)21(16-7-5-8-17(24)13-16)26-19-10-3-4-11-25-19/h3-13,21H,1-2H3,(H,25,26)(H,27,28)/t21-/m1/s1. The molecule has 0 aliphatic carbocycles. The van der Waals surface area contributed by atoms with Crippen LogP contribution in [-0.2, 0) is 0 Å². The van der Waals surface area contributed by atoms with Crippen molar-refractivity contribution in [3.05, 3.63) is 100 Å². The molecule has 4 aromatic rings. The predicted octanol–water partition coefficient (Wildman–Crippen LogP) is 5.95. The summed E-state index contributed by atoms with van der Waals surface area (Å²) in [7, 11) is 0. The minimum Gasteiger partial charge on any atom is -0.459 e. The average molecular weight is 421 g/mol. The van der Waals surface area contributed by atoms with Gasteiger partial charge in [-0.15, -0.1) is 11.3 Å². The fraction of sp³-hybridized carbons (Fsp3) is 0.130. The number of nitrogens with zero attached hydrogens (tertiary/aromatic N) is 1. The number of benzene rings is 1. The molecule has 152 valence electrons. The van der Waals surface area contributed by atoms with Crippen LogP contribution in [0.3, 0.4) is 0 Å². The van der Waals surface area contributed by atoms with Crippen LogP contribution in [0.15, 0.2) is 71.5 Å². The first-order valence-electron chi connectivity index (χ1n) is 9.40. The van der Waals surface area contributed by atoms with Crippen molar-refractivity contribution in [1.29, 1.82) is 0 Å². The van der Waals surface area contributed by atoms with E-state index >= 15 is 0 Å². The minimum atomic E-state index is -0.410. The van der Waals surface area contributed by atoms with E-state index in [1.165, 1.54) is 29.7 Å². The molecule has 4 rings (SSSR count). The molecular weight excluding hydrogens is 401 g/mol. The molecule has 3 heterocycles. The van der Waals surface area contributed by atoms with Crippen molar-refractivity contribution < 1.29 is 13.6 Å². The molecule has 1 amide bonds. The van der Waals surface area contributed by atoms with Crippen molar-refractivity contribution in [3.63, 3.8) is 0 Å². The van der Waals surface area contributed by atoms with Crippen molar-refractivity contribution in [3.8, 4) is 0 Å². The SMILES string of the molecule is Cc1sc(NC(=O)c2ccco2)c([C@H](Nc2ccccn2)c2cccc(F)c2)c1C. The number of carbonyl (C=O) groups is 1. The Labute approximate surface area is 177 Å². The van der Waals surface area contributed by atoms with Gasteiger partial charge in [-0.1, -0.05) is 18.2 Å². The fourth-order valence-corrected chi connectivity index (χ4v) is 4.36. The Balaban J connectivity index is 1.79. The summed E-state index contributed by atoms with van der Waals surface area (Å²) >= 11 is 1.48. The number of halogens is 1. The van der Waals surface area contributed by atoms with Gasteiger partial charge in [0.15, 0.2) is 5.76 Å². The summed E-state index contributed by atoms with van der Waals surface area (Å²) in [5.41, 5.74) is 2.62. The van der Waals surface area contributed by atoms with Crippen LogP contribution < -0.4 is 10.6 Å². The molecule has 0 aliphatic rings. The van der Waals surface area contributed by atoms with Gasteiger partial charge in [0.1, 0.15) is 16.6 Å². The second-order valence-corrected chi connectivity index (χ2v) is 8.03. The van der Waals surface area contributed by atoms with Crippen LogP contribution in [-0.4, -0.2) is 10.9 Å². The molecule has 0 aliphatic heterocycles. The number of nitrogens with one attached hydrogen (secondary N) is 2. The maximum atomic E-state index is 14.1. The summed E-state index contributed by atoms with van der Waals surface area (Å²) in [5.74, 6) is 0.215. The van der Waals surface area contributed by atoms with E-state index < -0.39 is 6.04 Å². The lowest BCUT2D eigenvalue weighted by atomic mass is 9.96. The van der Waals surface area contributed by atoms with Gasteiger partial charge in [-0.05, 0) is 61.4 Å². The fourth-order valence-electron chi connectivity index (χ4n) is 3.26. The molecule has 0 fully saturated rings. The summed E-state index contributed by atoms with van der Waals surface area (Å²) in [4.78, 5) is 18.0. The van der Waals surface area contributed by atoms with Crippen molar-refractivity contribution in [2.45, 2.75) is 19.9 Å². The zero-order chi connectivity index (χ0) is 21.1. The number of anilines is 2. The number of hydrogen-bond donors (Lipinski definition) is 2. The molecule has 0 bridgehead atoms. The third kappa shape index (κ3) is 4.11. The molecule has 0 spiro atoms. The van der Waals surface area contributed by atoms with Gasteiger partial charge in [0, 0.05) is 16.6 Å². The first kappa shape index (κ1) is 19.8. The van der Waals surface area contributed by atoms with Crippen LogP contribution in [0, 0.1) is 19.7 Å². The van der Waals surface area contributed by atoms with Crippen LogP contribution >= 0.6 is 11.3 Å². The van der Waals surface area contributed by atoms with E-state index in [1.54, 1.807) is 24.4 Å². The normalized spacial score (nSPS) is 11.8. The molecule has 0 unspecified atom stereocenters. The highest BCUT2D eigenvalue weighted by Crippen LogP contribution is 2.41. The van der Waals surface area contributed by atoms with Crippen LogP contribution in [0.25, 0.3) is 0 Å². The highest BCUT2D eigenvalue weighted by atomic mass is 32.1. The van der Waals surface area contributed by atoms with E-state index in [-0.39, 0.29) is 17.5 Å². The van der Waals surface area contributed by atoms with Gasteiger partial charge in [0.2, 0.25) is 0 Å². The van der Waals surface area contributed by atoms with E-state index in [0.29, 0.717) is 10.8 Å². The number of furan rings is 1. The molecule has 1 atom stereocenters. The third-order valence-electron chi connectivity index (χ3n) is 4.83. The number of rotatable bonds is 6. The number of aryl methyl sites for hydroxylation is 1. The first-order valence-corrected chi connectivity index (χ1v) is 10.2. The molecule has 0 radical (unpaired) electrons. The smallest absolute Gasteiger partial charge is 0.291 e. The van der Waals surface area contributed by atoms with E-state index in [0.717, 1.165) is 21.6 Å². The average Bonchev–Trinajstić information content (AvgIpc) is 3.37. The van der Waals surface area contributed by atoms with Gasteiger partial charge in [-0.3, -0.25) is 4.79 Å². The summed E-state index contributed by atoms with van der Waals surface area (Å²) in [6.45, 7) is 3.99. The van der Waals surface area contributed by atoms with Gasteiger partial charge < -0.3 is 15.1 Å². The second kappa shape index (κ2) is 8.51. The summed E-state index contributed by atoms with van der Waals surface area (Å²) in [6, 6.07) is 14.9. The number of aromatic nitrogens is 1. The molecule has 0 saturated carbocycles. The molecular formula is C23H20FN3O2S. The van der Waals surface area contributed by atoms with Gasteiger partial charge in [0.25, 0.3) is 5.91 Å². The molecule has 0 saturated heterocycles. The Morgan fingerprint density at radius 3 is 2.70 bits per heavy atom. The lowest BCUT2D eigenvalue weighted by molar-refractivity contribution is 0.0997. The van der Waals surface area contributed by atoms with Gasteiger partial charge in [-0.25, -0.2) is 9.37 Å². The molecule has 30 heavy (non-hydrogen) atoms. The third-order valence-corrected chi connectivity index (χ3v) is 5.97. The molecule has 1 aromatic carbocycles. The monoisotopic (exact) mass is 421 g/mol. The van der Waals surface area contributed by atoms with Crippen LogP contribution in [0.4, 0.5) is 15.2 Å². The number of carbonyl (C=O) groups excluding carboxylic acids is 1. The minimum absolute atomic E-state index is 0.227. The van der Waals surface area contributed by atoms with Crippen LogP contribution in [0.1, 0.15) is 38.2 Å².